The molecule has 0 unspecified atom stereocenters. The van der Waals surface area contributed by atoms with Gasteiger partial charge in [-0.15, -0.1) is 0 Å². The second-order valence-electron chi connectivity index (χ2n) is 11.3. The van der Waals surface area contributed by atoms with Gasteiger partial charge in [-0.2, -0.15) is 0 Å². The Bertz CT molecular complexity index is 1880. The lowest BCUT2D eigenvalue weighted by atomic mass is 9.83. The third-order valence-corrected chi connectivity index (χ3v) is 7.83. The van der Waals surface area contributed by atoms with Crippen molar-refractivity contribution in [1.29, 1.82) is 0 Å². The van der Waals surface area contributed by atoms with Crippen LogP contribution in [0.3, 0.4) is 0 Å². The number of nitrogens with zero attached hydrogens (tertiary/aromatic N) is 3. The molecule has 0 saturated heterocycles. The van der Waals surface area contributed by atoms with E-state index in [-0.39, 0.29) is 0 Å². The summed E-state index contributed by atoms with van der Waals surface area (Å²) in [5.74, 6) is 0. The molecule has 0 amide bonds. The van der Waals surface area contributed by atoms with Crippen LogP contribution in [0.2, 0.25) is 0 Å². The van der Waals surface area contributed by atoms with Gasteiger partial charge >= 0.3 is 0 Å². The molecule has 4 heterocycles. The van der Waals surface area contributed by atoms with Gasteiger partial charge in [0.15, 0.2) is 0 Å². The Morgan fingerprint density at radius 1 is 0.641 bits per heavy atom. The molecule has 0 atom stereocenters. The number of hydrogen-bond acceptors (Lipinski definition) is 4. The van der Waals surface area contributed by atoms with E-state index in [0.717, 1.165) is 67.1 Å². The minimum atomic E-state index is -0.413. The van der Waals surface area contributed by atoms with Crippen LogP contribution in [0.5, 0.6) is 0 Å². The number of rotatable bonds is 4. The highest BCUT2D eigenvalue weighted by molar-refractivity contribution is 6.10. The third kappa shape index (κ3) is 4.30. The van der Waals surface area contributed by atoms with Crippen molar-refractivity contribution in [2.75, 3.05) is 0 Å². The van der Waals surface area contributed by atoms with Crippen molar-refractivity contribution in [3.8, 4) is 22.5 Å². The Morgan fingerprint density at radius 3 is 1.97 bits per heavy atom. The highest BCUT2D eigenvalue weighted by Gasteiger charge is 2.29. The van der Waals surface area contributed by atoms with Crippen LogP contribution in [0.4, 0.5) is 0 Å². The molecule has 0 bridgehead atoms. The zero-order chi connectivity index (χ0) is 27.5. The van der Waals surface area contributed by atoms with Gasteiger partial charge in [0, 0.05) is 33.0 Å². The predicted molar refractivity (Wildman–Crippen MR) is 160 cm³/mol. The Balaban J connectivity index is 1.52. The summed E-state index contributed by atoms with van der Waals surface area (Å²) in [5, 5.41) is 2.16. The summed E-state index contributed by atoms with van der Waals surface area (Å²) in [5.41, 5.74) is 12.7. The number of pyridine rings is 3. The zero-order valence-electron chi connectivity index (χ0n) is 23.7. The summed E-state index contributed by atoms with van der Waals surface area (Å²) in [4.78, 5) is 15.1. The molecule has 6 aromatic rings. The van der Waals surface area contributed by atoms with E-state index in [1.807, 2.05) is 13.0 Å². The largest absolute Gasteiger partial charge is 0.437 e. The maximum absolute atomic E-state index is 6.42. The van der Waals surface area contributed by atoms with Gasteiger partial charge in [0.05, 0.1) is 22.8 Å². The van der Waals surface area contributed by atoms with Crippen molar-refractivity contribution in [2.24, 2.45) is 0 Å². The molecule has 0 N–H and O–H groups in total. The van der Waals surface area contributed by atoms with Gasteiger partial charge in [0.1, 0.15) is 5.58 Å². The Labute approximate surface area is 229 Å². The van der Waals surface area contributed by atoms with Crippen LogP contribution in [0, 0.1) is 34.6 Å². The average molecular weight is 512 g/mol. The maximum Gasteiger partial charge on any atom is 0.227 e. The van der Waals surface area contributed by atoms with Crippen molar-refractivity contribution in [2.45, 2.75) is 53.9 Å². The second kappa shape index (κ2) is 9.16. The van der Waals surface area contributed by atoms with E-state index in [1.165, 1.54) is 11.1 Å². The van der Waals surface area contributed by atoms with Crippen LogP contribution in [0.1, 0.15) is 53.2 Å². The first-order valence-corrected chi connectivity index (χ1v) is 13.5. The van der Waals surface area contributed by atoms with E-state index in [4.69, 9.17) is 19.4 Å². The van der Waals surface area contributed by atoms with E-state index in [1.54, 1.807) is 0 Å². The maximum atomic E-state index is 6.42. The quantitative estimate of drug-likeness (QED) is 0.237. The molecule has 4 nitrogen and oxygen atoms in total. The Morgan fingerprint density at radius 2 is 1.28 bits per heavy atom. The van der Waals surface area contributed by atoms with Gasteiger partial charge in [0.2, 0.25) is 5.71 Å². The van der Waals surface area contributed by atoms with E-state index in [0.29, 0.717) is 5.71 Å². The molecule has 0 saturated carbocycles. The lowest BCUT2D eigenvalue weighted by molar-refractivity contribution is 0.595. The van der Waals surface area contributed by atoms with E-state index >= 15 is 0 Å². The minimum absolute atomic E-state index is 0.413. The van der Waals surface area contributed by atoms with Crippen LogP contribution in [0.15, 0.2) is 77.2 Å². The molecule has 0 fully saturated rings. The Kier molecular flexibility index (Phi) is 5.87. The summed E-state index contributed by atoms with van der Waals surface area (Å²) >= 11 is 0. The molecule has 2 aromatic carbocycles. The topological polar surface area (TPSA) is 51.8 Å². The number of aryl methyl sites for hydroxylation is 5. The summed E-state index contributed by atoms with van der Waals surface area (Å²) in [6.07, 6.45) is 0. The molecule has 194 valence electrons. The van der Waals surface area contributed by atoms with E-state index in [9.17, 15) is 0 Å². The normalized spacial score (nSPS) is 12.0. The lowest BCUT2D eigenvalue weighted by Gasteiger charge is -2.26. The molecule has 0 radical (unpaired) electrons. The first-order valence-electron chi connectivity index (χ1n) is 13.5. The minimum Gasteiger partial charge on any atom is -0.437 e. The number of fused-ring (bicyclic) bond motifs is 3. The fraction of sp³-hybridized carbons (Fsp3) is 0.229. The molecular formula is C35H33N3O. The smallest absolute Gasteiger partial charge is 0.227 e. The number of hydrogen-bond donors (Lipinski definition) is 0. The van der Waals surface area contributed by atoms with Crippen LogP contribution >= 0.6 is 0 Å². The highest BCUT2D eigenvalue weighted by atomic mass is 16.3. The molecule has 4 aromatic heterocycles. The molecule has 39 heavy (non-hydrogen) atoms. The zero-order valence-corrected chi connectivity index (χ0v) is 23.7. The fourth-order valence-electron chi connectivity index (χ4n) is 5.36. The van der Waals surface area contributed by atoms with E-state index in [2.05, 4.69) is 108 Å². The predicted octanol–water partition coefficient (Wildman–Crippen LogP) is 8.97. The summed E-state index contributed by atoms with van der Waals surface area (Å²) in [6.45, 7) is 14.9. The fourth-order valence-corrected chi connectivity index (χ4v) is 5.36. The van der Waals surface area contributed by atoms with Crippen LogP contribution in [-0.2, 0) is 5.41 Å². The summed E-state index contributed by atoms with van der Waals surface area (Å²) < 4.78 is 6.42. The van der Waals surface area contributed by atoms with Crippen molar-refractivity contribution in [1.82, 2.24) is 15.0 Å². The van der Waals surface area contributed by atoms with Crippen molar-refractivity contribution in [3.05, 3.63) is 112 Å². The number of benzene rings is 2. The molecule has 0 spiro atoms. The van der Waals surface area contributed by atoms with Crippen LogP contribution < -0.4 is 0 Å². The highest BCUT2D eigenvalue weighted by Crippen LogP contribution is 2.39. The summed E-state index contributed by atoms with van der Waals surface area (Å²) in [6, 6.07) is 25.5. The van der Waals surface area contributed by atoms with Crippen molar-refractivity contribution >= 4 is 22.1 Å². The van der Waals surface area contributed by atoms with Crippen molar-refractivity contribution < 1.29 is 4.42 Å². The lowest BCUT2D eigenvalue weighted by Crippen LogP contribution is -2.23. The van der Waals surface area contributed by atoms with Gasteiger partial charge in [-0.1, -0.05) is 36.4 Å². The van der Waals surface area contributed by atoms with Gasteiger partial charge < -0.3 is 4.42 Å². The monoisotopic (exact) mass is 511 g/mol. The number of aromatic nitrogens is 3. The first-order chi connectivity index (χ1) is 18.6. The average Bonchev–Trinajstić information content (AvgIpc) is 3.27. The second-order valence-corrected chi connectivity index (χ2v) is 11.3. The van der Waals surface area contributed by atoms with Gasteiger partial charge in [0.25, 0.3) is 0 Å². The van der Waals surface area contributed by atoms with Gasteiger partial charge in [-0.05, 0) is 107 Å². The van der Waals surface area contributed by atoms with E-state index < -0.39 is 5.41 Å². The summed E-state index contributed by atoms with van der Waals surface area (Å²) in [7, 11) is 0. The molecular weight excluding hydrogens is 478 g/mol. The standard InChI is InChI=1S/C35H33N3O/c1-20-15-28(25-11-9-8-10-12-25)37-30(17-20)35(6,7)31-18-21(2)16-29(38-31)26-14-13-22(3)32-27-19-23(4)24(5)36-34(27)39-33(26)32/h8-19H,1-7H3. The molecule has 4 heteroatoms. The van der Waals surface area contributed by atoms with Crippen LogP contribution in [-0.4, -0.2) is 15.0 Å². The van der Waals surface area contributed by atoms with Gasteiger partial charge in [-0.3, -0.25) is 9.97 Å². The number of furan rings is 1. The molecule has 0 aliphatic carbocycles. The third-order valence-electron chi connectivity index (χ3n) is 7.83. The van der Waals surface area contributed by atoms with Gasteiger partial charge in [-0.25, -0.2) is 4.98 Å². The SMILES string of the molecule is Cc1cc(-c2ccccc2)nc(C(C)(C)c2cc(C)cc(-c3ccc(C)c4c3oc3nc(C)c(C)cc34)n2)c1. The molecule has 6 rings (SSSR count). The van der Waals surface area contributed by atoms with Crippen LogP contribution in [0.25, 0.3) is 44.6 Å². The van der Waals surface area contributed by atoms with Crippen molar-refractivity contribution in [3.63, 3.8) is 0 Å². The first kappa shape index (κ1) is 25.0. The Hall–Kier alpha value is -4.31. The molecule has 0 aliphatic rings. The molecule has 0 aliphatic heterocycles.